The maximum absolute atomic E-state index is 13.7. The third-order valence-corrected chi connectivity index (χ3v) is 8.40. The van der Waals surface area contributed by atoms with Crippen LogP contribution in [0, 0.1) is 22.7 Å². The number of para-hydroxylation sites is 1. The van der Waals surface area contributed by atoms with Crippen molar-refractivity contribution in [1.29, 1.82) is 5.26 Å². The number of benzene rings is 2. The third-order valence-electron chi connectivity index (χ3n) is 7.23. The lowest BCUT2D eigenvalue weighted by atomic mass is 9.72. The number of carbonyl (C=O) groups is 1. The first-order valence-electron chi connectivity index (χ1n) is 12.8. The number of hydrogen-bond acceptors (Lipinski definition) is 5. The van der Waals surface area contributed by atoms with E-state index in [9.17, 15) is 10.1 Å². The van der Waals surface area contributed by atoms with E-state index in [1.165, 1.54) is 4.88 Å². The van der Waals surface area contributed by atoms with Crippen LogP contribution in [0.3, 0.4) is 0 Å². The molecule has 0 spiro atoms. The summed E-state index contributed by atoms with van der Waals surface area (Å²) in [5.74, 6) is 1.09. The highest BCUT2D eigenvalue weighted by Gasteiger charge is 2.32. The van der Waals surface area contributed by atoms with Gasteiger partial charge in [0.1, 0.15) is 16.8 Å². The van der Waals surface area contributed by atoms with Gasteiger partial charge in [-0.1, -0.05) is 51.1 Å². The van der Waals surface area contributed by atoms with Gasteiger partial charge in [-0.3, -0.25) is 4.79 Å². The molecule has 4 aromatic rings. The molecule has 1 N–H and O–H groups in total. The summed E-state index contributed by atoms with van der Waals surface area (Å²) in [5, 5.41) is 14.5. The lowest BCUT2D eigenvalue weighted by molar-refractivity contribution is 0.102. The zero-order chi connectivity index (χ0) is 26.2. The zero-order valence-corrected chi connectivity index (χ0v) is 22.5. The molecule has 0 aliphatic heterocycles. The van der Waals surface area contributed by atoms with Gasteiger partial charge in [0.15, 0.2) is 0 Å². The van der Waals surface area contributed by atoms with Crippen LogP contribution in [-0.4, -0.2) is 17.5 Å². The van der Waals surface area contributed by atoms with Crippen LogP contribution in [0.4, 0.5) is 5.00 Å². The van der Waals surface area contributed by atoms with Gasteiger partial charge in [-0.2, -0.15) is 5.26 Å². The van der Waals surface area contributed by atoms with Crippen molar-refractivity contribution >= 4 is 33.1 Å². The molecule has 1 amide bonds. The molecule has 0 saturated heterocycles. The van der Waals surface area contributed by atoms with Crippen LogP contribution in [0.5, 0.6) is 5.75 Å². The van der Waals surface area contributed by atoms with Crippen LogP contribution < -0.4 is 10.1 Å². The van der Waals surface area contributed by atoms with Crippen molar-refractivity contribution < 1.29 is 9.53 Å². The first kappa shape index (κ1) is 25.0. The summed E-state index contributed by atoms with van der Waals surface area (Å²) in [6.07, 6.45) is 2.89. The molecule has 1 aliphatic carbocycles. The minimum Gasteiger partial charge on any atom is -0.494 e. The SMILES string of the molecule is CCOc1cccc(-c2cc(C(=O)Nc3sc4c(c3C#N)CC[C@@H](C(C)(C)C)C4)c3ccccc3n2)c1. The average molecular weight is 510 g/mol. The van der Waals surface area contributed by atoms with Crippen LogP contribution in [0.15, 0.2) is 54.6 Å². The number of aromatic nitrogens is 1. The molecule has 1 atom stereocenters. The Bertz CT molecular complexity index is 1520. The molecule has 2 aromatic heterocycles. The maximum Gasteiger partial charge on any atom is 0.257 e. The number of nitrogens with zero attached hydrogens (tertiary/aromatic N) is 2. The first-order valence-corrected chi connectivity index (χ1v) is 13.6. The number of pyridine rings is 1. The predicted octanol–water partition coefficient (Wildman–Crippen LogP) is 7.64. The van der Waals surface area contributed by atoms with E-state index in [1.54, 1.807) is 11.3 Å². The van der Waals surface area contributed by atoms with Gasteiger partial charge in [-0.15, -0.1) is 11.3 Å². The van der Waals surface area contributed by atoms with Crippen molar-refractivity contribution in [3.05, 3.63) is 76.2 Å². The molecule has 188 valence electrons. The molecule has 5 rings (SSSR count). The highest BCUT2D eigenvalue weighted by Crippen LogP contribution is 2.44. The number of ether oxygens (including phenoxy) is 1. The lowest BCUT2D eigenvalue weighted by Gasteiger charge is -2.33. The Labute approximate surface area is 222 Å². The van der Waals surface area contributed by atoms with Gasteiger partial charge in [-0.05, 0) is 67.3 Å². The molecule has 5 nitrogen and oxygen atoms in total. The molecule has 0 unspecified atom stereocenters. The number of amides is 1. The van der Waals surface area contributed by atoms with E-state index in [0.29, 0.717) is 34.3 Å². The van der Waals surface area contributed by atoms with Crippen molar-refractivity contribution in [2.75, 3.05) is 11.9 Å². The molecule has 0 fully saturated rings. The number of hydrogen-bond donors (Lipinski definition) is 1. The van der Waals surface area contributed by atoms with E-state index in [-0.39, 0.29) is 11.3 Å². The standard InChI is InChI=1S/C31H31N3O2S/c1-5-36-21-10-8-9-19(15-21)27-17-24(22-11-6-7-12-26(22)33-27)29(35)34-30-25(18-32)23-14-13-20(31(2,3)4)16-28(23)37-30/h6-12,15,17,20H,5,13-14,16H2,1-4H3,(H,34,35)/t20-/m1/s1. The number of nitrogens with one attached hydrogen (secondary N) is 1. The Kier molecular flexibility index (Phi) is 6.74. The smallest absolute Gasteiger partial charge is 0.257 e. The fraction of sp³-hybridized carbons (Fsp3) is 0.323. The molecule has 0 saturated carbocycles. The van der Waals surface area contributed by atoms with E-state index in [0.717, 1.165) is 47.0 Å². The normalized spacial score (nSPS) is 15.2. The molecular weight excluding hydrogens is 478 g/mol. The topological polar surface area (TPSA) is 75.0 Å². The third kappa shape index (κ3) is 4.97. The minimum absolute atomic E-state index is 0.212. The monoisotopic (exact) mass is 509 g/mol. The summed E-state index contributed by atoms with van der Waals surface area (Å²) in [7, 11) is 0. The number of carbonyl (C=O) groups excluding carboxylic acids is 1. The lowest BCUT2D eigenvalue weighted by Crippen LogP contribution is -2.26. The highest BCUT2D eigenvalue weighted by atomic mass is 32.1. The number of nitriles is 1. The molecule has 1 aliphatic rings. The Morgan fingerprint density at radius 1 is 1.19 bits per heavy atom. The highest BCUT2D eigenvalue weighted by molar-refractivity contribution is 7.16. The van der Waals surface area contributed by atoms with Crippen LogP contribution in [-0.2, 0) is 12.8 Å². The van der Waals surface area contributed by atoms with E-state index >= 15 is 0 Å². The van der Waals surface area contributed by atoms with Crippen molar-refractivity contribution in [3.8, 4) is 23.1 Å². The van der Waals surface area contributed by atoms with Gasteiger partial charge >= 0.3 is 0 Å². The van der Waals surface area contributed by atoms with Crippen molar-refractivity contribution in [2.24, 2.45) is 11.3 Å². The largest absolute Gasteiger partial charge is 0.494 e. The van der Waals surface area contributed by atoms with E-state index in [1.807, 2.05) is 61.5 Å². The quantitative estimate of drug-likeness (QED) is 0.300. The van der Waals surface area contributed by atoms with Crippen LogP contribution in [0.1, 0.15) is 60.5 Å². The van der Waals surface area contributed by atoms with Gasteiger partial charge in [0.25, 0.3) is 5.91 Å². The average Bonchev–Trinajstić information content (AvgIpc) is 3.24. The summed E-state index contributed by atoms with van der Waals surface area (Å²) in [6.45, 7) is 9.36. The summed E-state index contributed by atoms with van der Waals surface area (Å²) in [5.41, 5.74) is 4.79. The summed E-state index contributed by atoms with van der Waals surface area (Å²) >= 11 is 1.56. The number of thiophene rings is 1. The van der Waals surface area contributed by atoms with Gasteiger partial charge in [0, 0.05) is 15.8 Å². The molecule has 0 bridgehead atoms. The van der Waals surface area contributed by atoms with Crippen LogP contribution in [0.25, 0.3) is 22.2 Å². The molecule has 6 heteroatoms. The summed E-state index contributed by atoms with van der Waals surface area (Å²) < 4.78 is 5.67. The van der Waals surface area contributed by atoms with Gasteiger partial charge in [0.2, 0.25) is 0 Å². The van der Waals surface area contributed by atoms with Crippen molar-refractivity contribution in [3.63, 3.8) is 0 Å². The van der Waals surface area contributed by atoms with Crippen molar-refractivity contribution in [2.45, 2.75) is 47.0 Å². The van der Waals surface area contributed by atoms with Gasteiger partial charge in [0.05, 0.1) is 28.9 Å². The molecular formula is C31H31N3O2S. The second-order valence-corrected chi connectivity index (χ2v) is 11.7. The molecule has 2 heterocycles. The van der Waals surface area contributed by atoms with Crippen LogP contribution in [0.2, 0.25) is 0 Å². The Morgan fingerprint density at radius 3 is 2.76 bits per heavy atom. The van der Waals surface area contributed by atoms with E-state index in [4.69, 9.17) is 9.72 Å². The zero-order valence-electron chi connectivity index (χ0n) is 21.7. The second kappa shape index (κ2) is 9.99. The Balaban J connectivity index is 1.52. The summed E-state index contributed by atoms with van der Waals surface area (Å²) in [4.78, 5) is 19.8. The van der Waals surface area contributed by atoms with Gasteiger partial charge in [-0.25, -0.2) is 4.98 Å². The molecule has 2 aromatic carbocycles. The molecule has 0 radical (unpaired) electrons. The van der Waals surface area contributed by atoms with E-state index in [2.05, 4.69) is 32.2 Å². The van der Waals surface area contributed by atoms with Gasteiger partial charge < -0.3 is 10.1 Å². The Morgan fingerprint density at radius 2 is 2.00 bits per heavy atom. The number of fused-ring (bicyclic) bond motifs is 2. The Hall–Kier alpha value is -3.69. The number of anilines is 1. The minimum atomic E-state index is -0.233. The fourth-order valence-electron chi connectivity index (χ4n) is 5.12. The number of rotatable bonds is 5. The van der Waals surface area contributed by atoms with Crippen molar-refractivity contribution in [1.82, 2.24) is 4.98 Å². The fourth-order valence-corrected chi connectivity index (χ4v) is 6.40. The maximum atomic E-state index is 13.7. The molecule has 37 heavy (non-hydrogen) atoms. The summed E-state index contributed by atoms with van der Waals surface area (Å²) in [6, 6.07) is 19.6. The van der Waals surface area contributed by atoms with Crippen LogP contribution >= 0.6 is 11.3 Å². The first-order chi connectivity index (χ1) is 17.8. The predicted molar refractivity (Wildman–Crippen MR) is 150 cm³/mol. The van der Waals surface area contributed by atoms with E-state index < -0.39 is 0 Å². The second-order valence-electron chi connectivity index (χ2n) is 10.6.